The number of aromatic nitrogens is 1. The summed E-state index contributed by atoms with van der Waals surface area (Å²) < 4.78 is 5.34. The van der Waals surface area contributed by atoms with Gasteiger partial charge < -0.3 is 26.0 Å². The van der Waals surface area contributed by atoms with Crippen molar-refractivity contribution in [2.45, 2.75) is 31.7 Å². The lowest BCUT2D eigenvalue weighted by atomic mass is 10.0. The van der Waals surface area contributed by atoms with Gasteiger partial charge >= 0.3 is 5.97 Å². The molecule has 0 saturated carbocycles. The summed E-state index contributed by atoms with van der Waals surface area (Å²) in [6.45, 7) is -0.417. The molecule has 11 heteroatoms. The molecule has 3 rings (SSSR count). The van der Waals surface area contributed by atoms with Gasteiger partial charge in [-0.1, -0.05) is 53.2 Å². The molecule has 0 saturated heterocycles. The van der Waals surface area contributed by atoms with Gasteiger partial charge in [0.2, 0.25) is 17.7 Å². The molecule has 1 aromatic heterocycles. The molecule has 3 amide bonds. The van der Waals surface area contributed by atoms with E-state index in [1.54, 1.807) is 6.07 Å². The summed E-state index contributed by atoms with van der Waals surface area (Å²) in [7, 11) is 0. The standard InChI is InChI=1S/C25H25ClN4O6/c26-18-3-1-2-17(12-18)15-4-6-16(7-5-15)21-13-19(36-30-21)8-10-23(32)29-20(9-11-24(33)34)25(35)28-14-22(27)31/h1-7,12-13,20H,8-11,14H2,(H2,27,31)(H,28,35)(H,29,32)(H,33,34)/t20-/m0/s1. The van der Waals surface area contributed by atoms with Crippen LogP contribution in [-0.2, 0) is 25.6 Å². The second-order valence-electron chi connectivity index (χ2n) is 8.00. The fraction of sp³-hybridized carbons (Fsp3) is 0.240. The minimum absolute atomic E-state index is 0.0188. The van der Waals surface area contributed by atoms with Crippen LogP contribution in [0.2, 0.25) is 5.02 Å². The van der Waals surface area contributed by atoms with Gasteiger partial charge in [0.05, 0.1) is 6.54 Å². The number of carbonyl (C=O) groups excluding carboxylic acids is 3. The number of aliphatic carboxylic acids is 1. The average Bonchev–Trinajstić information content (AvgIpc) is 3.33. The Bertz CT molecular complexity index is 1240. The maximum atomic E-state index is 12.4. The Labute approximate surface area is 211 Å². The number of nitrogens with one attached hydrogen (secondary N) is 2. The van der Waals surface area contributed by atoms with Crippen LogP contribution in [0.15, 0.2) is 59.1 Å². The largest absolute Gasteiger partial charge is 0.481 e. The van der Waals surface area contributed by atoms with Gasteiger partial charge in [0, 0.05) is 35.9 Å². The summed E-state index contributed by atoms with van der Waals surface area (Å²) in [5.41, 5.74) is 8.43. The Balaban J connectivity index is 1.56. The average molecular weight is 513 g/mol. The van der Waals surface area contributed by atoms with E-state index >= 15 is 0 Å². The van der Waals surface area contributed by atoms with Crippen LogP contribution in [0.25, 0.3) is 22.4 Å². The summed E-state index contributed by atoms with van der Waals surface area (Å²) in [5.74, 6) is -2.58. The summed E-state index contributed by atoms with van der Waals surface area (Å²) in [6, 6.07) is 15.9. The van der Waals surface area contributed by atoms with E-state index < -0.39 is 36.3 Å². The lowest BCUT2D eigenvalue weighted by Crippen LogP contribution is -2.48. The van der Waals surface area contributed by atoms with Crippen LogP contribution in [-0.4, -0.2) is 46.5 Å². The zero-order valence-electron chi connectivity index (χ0n) is 19.2. The van der Waals surface area contributed by atoms with E-state index in [4.69, 9.17) is 27.0 Å². The van der Waals surface area contributed by atoms with Crippen LogP contribution in [0, 0.1) is 0 Å². The van der Waals surface area contributed by atoms with E-state index in [9.17, 15) is 19.2 Å². The Morgan fingerprint density at radius 2 is 1.72 bits per heavy atom. The smallest absolute Gasteiger partial charge is 0.303 e. The Hall–Kier alpha value is -4.18. The van der Waals surface area contributed by atoms with Crippen molar-refractivity contribution in [3.63, 3.8) is 0 Å². The van der Waals surface area contributed by atoms with E-state index in [0.717, 1.165) is 16.7 Å². The van der Waals surface area contributed by atoms with Crippen LogP contribution in [0.1, 0.15) is 25.0 Å². The first kappa shape index (κ1) is 26.4. The van der Waals surface area contributed by atoms with Gasteiger partial charge in [0.25, 0.3) is 0 Å². The molecule has 0 fully saturated rings. The van der Waals surface area contributed by atoms with Crippen LogP contribution in [0.3, 0.4) is 0 Å². The molecule has 2 aromatic carbocycles. The minimum Gasteiger partial charge on any atom is -0.481 e. The predicted molar refractivity (Wildman–Crippen MR) is 132 cm³/mol. The zero-order chi connectivity index (χ0) is 26.1. The molecule has 1 heterocycles. The van der Waals surface area contributed by atoms with Crippen molar-refractivity contribution in [1.82, 2.24) is 15.8 Å². The van der Waals surface area contributed by atoms with Gasteiger partial charge in [0.15, 0.2) is 0 Å². The van der Waals surface area contributed by atoms with Gasteiger partial charge in [-0.25, -0.2) is 0 Å². The molecule has 0 bridgehead atoms. The van der Waals surface area contributed by atoms with Gasteiger partial charge in [-0.2, -0.15) is 0 Å². The summed E-state index contributed by atoms with van der Waals surface area (Å²) >= 11 is 6.06. The number of aryl methyl sites for hydroxylation is 1. The normalized spacial score (nSPS) is 11.5. The number of hydrogen-bond acceptors (Lipinski definition) is 6. The molecular formula is C25H25ClN4O6. The van der Waals surface area contributed by atoms with E-state index in [1.807, 2.05) is 48.5 Å². The van der Waals surface area contributed by atoms with Crippen molar-refractivity contribution >= 4 is 35.3 Å². The highest BCUT2D eigenvalue weighted by Gasteiger charge is 2.22. The summed E-state index contributed by atoms with van der Waals surface area (Å²) in [4.78, 5) is 46.3. The van der Waals surface area contributed by atoms with Crippen molar-refractivity contribution in [2.75, 3.05) is 6.54 Å². The molecule has 0 spiro atoms. The molecule has 0 radical (unpaired) electrons. The van der Waals surface area contributed by atoms with E-state index in [-0.39, 0.29) is 25.7 Å². The first-order chi connectivity index (χ1) is 17.2. The van der Waals surface area contributed by atoms with Crippen molar-refractivity contribution in [2.24, 2.45) is 5.73 Å². The highest BCUT2D eigenvalue weighted by Crippen LogP contribution is 2.26. The Kier molecular flexibility index (Phi) is 9.18. The molecule has 5 N–H and O–H groups in total. The lowest BCUT2D eigenvalue weighted by Gasteiger charge is -2.17. The quantitative estimate of drug-likeness (QED) is 0.289. The molecule has 0 unspecified atom stereocenters. The third kappa shape index (κ3) is 7.95. The molecule has 36 heavy (non-hydrogen) atoms. The number of primary amides is 1. The number of halogens is 1. The fourth-order valence-electron chi connectivity index (χ4n) is 3.41. The SMILES string of the molecule is NC(=O)CNC(=O)[C@H](CCC(=O)O)NC(=O)CCc1cc(-c2ccc(-c3cccc(Cl)c3)cc2)no1. The molecule has 1 atom stereocenters. The predicted octanol–water partition coefficient (Wildman–Crippen LogP) is 2.55. The van der Waals surface area contributed by atoms with E-state index in [0.29, 0.717) is 16.5 Å². The first-order valence-corrected chi connectivity index (χ1v) is 11.5. The molecule has 10 nitrogen and oxygen atoms in total. The van der Waals surface area contributed by atoms with Crippen molar-refractivity contribution < 1.29 is 28.8 Å². The lowest BCUT2D eigenvalue weighted by molar-refractivity contribution is -0.138. The van der Waals surface area contributed by atoms with Crippen LogP contribution >= 0.6 is 11.6 Å². The van der Waals surface area contributed by atoms with Crippen molar-refractivity contribution in [1.29, 1.82) is 0 Å². The first-order valence-electron chi connectivity index (χ1n) is 11.1. The zero-order valence-corrected chi connectivity index (χ0v) is 20.0. The van der Waals surface area contributed by atoms with Gasteiger partial charge in [-0.15, -0.1) is 0 Å². The Morgan fingerprint density at radius 1 is 1.00 bits per heavy atom. The van der Waals surface area contributed by atoms with Crippen LogP contribution < -0.4 is 16.4 Å². The fourth-order valence-corrected chi connectivity index (χ4v) is 3.60. The second-order valence-corrected chi connectivity index (χ2v) is 8.44. The molecule has 0 aliphatic heterocycles. The highest BCUT2D eigenvalue weighted by atomic mass is 35.5. The molecule has 188 valence electrons. The van der Waals surface area contributed by atoms with Crippen LogP contribution in [0.5, 0.6) is 0 Å². The highest BCUT2D eigenvalue weighted by molar-refractivity contribution is 6.30. The molecule has 3 aromatic rings. The topological polar surface area (TPSA) is 165 Å². The molecular weight excluding hydrogens is 488 g/mol. The van der Waals surface area contributed by atoms with Gasteiger partial charge in [-0.3, -0.25) is 19.2 Å². The molecule has 0 aliphatic carbocycles. The van der Waals surface area contributed by atoms with Crippen LogP contribution in [0.4, 0.5) is 0 Å². The number of amides is 3. The summed E-state index contributed by atoms with van der Waals surface area (Å²) in [6.07, 6.45) is -0.275. The van der Waals surface area contributed by atoms with Crippen molar-refractivity contribution in [3.8, 4) is 22.4 Å². The summed E-state index contributed by atoms with van der Waals surface area (Å²) in [5, 5.41) is 18.4. The number of benzene rings is 2. The van der Waals surface area contributed by atoms with Crippen molar-refractivity contribution in [3.05, 3.63) is 65.4 Å². The third-order valence-electron chi connectivity index (χ3n) is 5.23. The third-order valence-corrected chi connectivity index (χ3v) is 5.47. The monoisotopic (exact) mass is 512 g/mol. The van der Waals surface area contributed by atoms with Gasteiger partial charge in [-0.05, 0) is 29.7 Å². The number of nitrogens with two attached hydrogens (primary N) is 1. The maximum Gasteiger partial charge on any atom is 0.303 e. The number of rotatable bonds is 12. The minimum atomic E-state index is -1.12. The number of carboxylic acids is 1. The van der Waals surface area contributed by atoms with Gasteiger partial charge in [0.1, 0.15) is 17.5 Å². The second kappa shape index (κ2) is 12.5. The number of carbonyl (C=O) groups is 4. The maximum absolute atomic E-state index is 12.4. The number of nitrogens with zero attached hydrogens (tertiary/aromatic N) is 1. The van der Waals surface area contributed by atoms with E-state index in [1.165, 1.54) is 0 Å². The number of hydrogen-bond donors (Lipinski definition) is 4. The van der Waals surface area contributed by atoms with E-state index in [2.05, 4.69) is 15.8 Å². The molecule has 0 aliphatic rings. The number of carboxylic acid groups (broad SMARTS) is 1. The Morgan fingerprint density at radius 3 is 2.39 bits per heavy atom.